The van der Waals surface area contributed by atoms with Gasteiger partial charge < -0.3 is 15.8 Å². The van der Waals surface area contributed by atoms with Crippen LogP contribution >= 0.6 is 23.6 Å². The molecular weight excluding hydrogens is 304 g/mol. The number of benzene rings is 1. The number of amides is 1. The van der Waals surface area contributed by atoms with Gasteiger partial charge in [-0.25, -0.2) is 0 Å². The highest BCUT2D eigenvalue weighted by molar-refractivity contribution is 7.80. The number of carbonyl (C=O) groups excluding carboxylic acids is 1. The minimum absolute atomic E-state index is 0.0170. The van der Waals surface area contributed by atoms with E-state index in [1.165, 1.54) is 5.56 Å². The summed E-state index contributed by atoms with van der Waals surface area (Å²) >= 11 is 6.50. The Balaban J connectivity index is 1.78. The molecule has 6 heteroatoms. The van der Waals surface area contributed by atoms with Gasteiger partial charge in [-0.15, -0.1) is 11.3 Å². The lowest BCUT2D eigenvalue weighted by Gasteiger charge is -2.08. The fraction of sp³-hybridized carbons (Fsp3) is 0.200. The molecule has 1 amide bonds. The van der Waals surface area contributed by atoms with E-state index in [0.29, 0.717) is 17.3 Å². The molecule has 3 N–H and O–H groups in total. The zero-order chi connectivity index (χ0) is 15.2. The Labute approximate surface area is 132 Å². The molecule has 0 bridgehead atoms. The normalized spacial score (nSPS) is 10.1. The predicted molar refractivity (Wildman–Crippen MR) is 88.7 cm³/mol. The van der Waals surface area contributed by atoms with Gasteiger partial charge in [0.25, 0.3) is 5.91 Å². The molecule has 0 aliphatic heterocycles. The largest absolute Gasteiger partial charge is 0.484 e. The lowest BCUT2D eigenvalue weighted by Crippen LogP contribution is -2.28. The van der Waals surface area contributed by atoms with Crippen LogP contribution < -0.4 is 15.8 Å². The molecule has 1 aromatic heterocycles. The van der Waals surface area contributed by atoms with Crippen LogP contribution in [0, 0.1) is 6.92 Å². The van der Waals surface area contributed by atoms with Crippen molar-refractivity contribution in [2.75, 3.05) is 6.61 Å². The summed E-state index contributed by atoms with van der Waals surface area (Å²) in [6, 6.07) is 9.05. The third kappa shape index (κ3) is 4.54. The molecule has 4 nitrogen and oxygen atoms in total. The SMILES string of the molecule is Cc1ccsc1CNC(=O)COc1ccc(C(N)=S)cc1. The molecule has 1 aromatic carbocycles. The fourth-order valence-electron chi connectivity index (χ4n) is 1.68. The van der Waals surface area contributed by atoms with Crippen LogP contribution in [0.25, 0.3) is 0 Å². The molecule has 0 aliphatic rings. The number of ether oxygens (including phenoxy) is 1. The molecule has 0 fully saturated rings. The van der Waals surface area contributed by atoms with Gasteiger partial charge in [0.05, 0.1) is 6.54 Å². The lowest BCUT2D eigenvalue weighted by molar-refractivity contribution is -0.123. The van der Waals surface area contributed by atoms with Gasteiger partial charge in [0, 0.05) is 10.4 Å². The van der Waals surface area contributed by atoms with Crippen LogP contribution in [0.1, 0.15) is 16.0 Å². The molecule has 1 heterocycles. The summed E-state index contributed by atoms with van der Waals surface area (Å²) in [5, 5.41) is 4.84. The van der Waals surface area contributed by atoms with E-state index in [1.54, 1.807) is 35.6 Å². The molecule has 0 saturated heterocycles. The van der Waals surface area contributed by atoms with E-state index in [1.807, 2.05) is 18.4 Å². The van der Waals surface area contributed by atoms with Gasteiger partial charge in [0.1, 0.15) is 10.7 Å². The predicted octanol–water partition coefficient (Wildman–Crippen LogP) is 2.39. The summed E-state index contributed by atoms with van der Waals surface area (Å²) in [6.07, 6.45) is 0. The molecule has 0 atom stereocenters. The second kappa shape index (κ2) is 7.19. The summed E-state index contributed by atoms with van der Waals surface area (Å²) in [5.41, 5.74) is 7.47. The van der Waals surface area contributed by atoms with Crippen LogP contribution in [0.5, 0.6) is 5.75 Å². The van der Waals surface area contributed by atoms with Gasteiger partial charge >= 0.3 is 0 Å². The second-order valence-electron chi connectivity index (χ2n) is 4.48. The Kier molecular flexibility index (Phi) is 5.30. The lowest BCUT2D eigenvalue weighted by atomic mass is 10.2. The molecule has 2 aromatic rings. The van der Waals surface area contributed by atoms with Crippen molar-refractivity contribution in [1.29, 1.82) is 0 Å². The molecule has 0 unspecified atom stereocenters. The van der Waals surface area contributed by atoms with Gasteiger partial charge in [0.15, 0.2) is 6.61 Å². The van der Waals surface area contributed by atoms with Crippen molar-refractivity contribution in [3.05, 3.63) is 51.7 Å². The number of thiocarbonyl (C=S) groups is 1. The van der Waals surface area contributed by atoms with Crippen molar-refractivity contribution in [2.45, 2.75) is 13.5 Å². The number of hydrogen-bond donors (Lipinski definition) is 2. The first-order chi connectivity index (χ1) is 10.1. The molecule has 0 saturated carbocycles. The minimum atomic E-state index is -0.152. The number of thiophene rings is 1. The van der Waals surface area contributed by atoms with Crippen LogP contribution in [0.15, 0.2) is 35.7 Å². The van der Waals surface area contributed by atoms with Crippen LogP contribution in [0.3, 0.4) is 0 Å². The Morgan fingerprint density at radius 1 is 1.33 bits per heavy atom. The third-order valence-corrected chi connectivity index (χ3v) is 4.18. The Bertz CT molecular complexity index is 635. The van der Waals surface area contributed by atoms with Crippen molar-refractivity contribution < 1.29 is 9.53 Å². The Morgan fingerprint density at radius 3 is 2.62 bits per heavy atom. The van der Waals surface area contributed by atoms with Gasteiger partial charge in [-0.3, -0.25) is 4.79 Å². The average Bonchev–Trinajstić information content (AvgIpc) is 2.88. The first kappa shape index (κ1) is 15.5. The van der Waals surface area contributed by atoms with Crippen molar-refractivity contribution in [3.8, 4) is 5.75 Å². The number of nitrogens with two attached hydrogens (primary N) is 1. The quantitative estimate of drug-likeness (QED) is 0.802. The molecule has 0 radical (unpaired) electrons. The second-order valence-corrected chi connectivity index (χ2v) is 5.92. The van der Waals surface area contributed by atoms with E-state index in [0.717, 1.165) is 10.4 Å². The highest BCUT2D eigenvalue weighted by Crippen LogP contribution is 2.15. The van der Waals surface area contributed by atoms with E-state index < -0.39 is 0 Å². The van der Waals surface area contributed by atoms with E-state index in [4.69, 9.17) is 22.7 Å². The number of aryl methyl sites for hydroxylation is 1. The maximum absolute atomic E-state index is 11.7. The molecule has 0 spiro atoms. The van der Waals surface area contributed by atoms with Crippen molar-refractivity contribution in [2.24, 2.45) is 5.73 Å². The summed E-state index contributed by atoms with van der Waals surface area (Å²) in [4.78, 5) is 13.2. The van der Waals surface area contributed by atoms with E-state index in [9.17, 15) is 4.79 Å². The Morgan fingerprint density at radius 2 is 2.05 bits per heavy atom. The fourth-order valence-corrected chi connectivity index (χ4v) is 2.66. The number of nitrogens with one attached hydrogen (secondary N) is 1. The standard InChI is InChI=1S/C15H16N2O2S2/c1-10-6-7-21-13(10)8-17-14(18)9-19-12-4-2-11(3-5-12)15(16)20/h2-7H,8-9H2,1H3,(H2,16,20)(H,17,18). The summed E-state index contributed by atoms with van der Waals surface area (Å²) < 4.78 is 5.41. The van der Waals surface area contributed by atoms with Gasteiger partial charge in [-0.1, -0.05) is 12.2 Å². The average molecular weight is 320 g/mol. The van der Waals surface area contributed by atoms with Crippen molar-refractivity contribution >= 4 is 34.5 Å². The summed E-state index contributed by atoms with van der Waals surface area (Å²) in [5.74, 6) is 0.457. The smallest absolute Gasteiger partial charge is 0.258 e. The Hall–Kier alpha value is -1.92. The van der Waals surface area contributed by atoms with Crippen molar-refractivity contribution in [3.63, 3.8) is 0 Å². The van der Waals surface area contributed by atoms with Gasteiger partial charge in [-0.05, 0) is 48.2 Å². The monoisotopic (exact) mass is 320 g/mol. The number of carbonyl (C=O) groups is 1. The summed E-state index contributed by atoms with van der Waals surface area (Å²) in [6.45, 7) is 2.54. The van der Waals surface area contributed by atoms with E-state index in [-0.39, 0.29) is 12.5 Å². The van der Waals surface area contributed by atoms with Crippen molar-refractivity contribution in [1.82, 2.24) is 5.32 Å². The van der Waals surface area contributed by atoms with Crippen LogP contribution in [-0.2, 0) is 11.3 Å². The third-order valence-electron chi connectivity index (χ3n) is 2.92. The topological polar surface area (TPSA) is 64.3 Å². The van der Waals surface area contributed by atoms with E-state index in [2.05, 4.69) is 5.32 Å². The molecule has 2 rings (SSSR count). The molecule has 21 heavy (non-hydrogen) atoms. The van der Waals surface area contributed by atoms with Crippen LogP contribution in [-0.4, -0.2) is 17.5 Å². The van der Waals surface area contributed by atoms with Gasteiger partial charge in [-0.2, -0.15) is 0 Å². The molecule has 110 valence electrons. The molecule has 0 aliphatic carbocycles. The highest BCUT2D eigenvalue weighted by atomic mass is 32.1. The first-order valence-corrected chi connectivity index (χ1v) is 7.67. The number of rotatable bonds is 6. The zero-order valence-electron chi connectivity index (χ0n) is 11.6. The van der Waals surface area contributed by atoms with Crippen LogP contribution in [0.2, 0.25) is 0 Å². The van der Waals surface area contributed by atoms with Gasteiger partial charge in [0.2, 0.25) is 0 Å². The first-order valence-electron chi connectivity index (χ1n) is 6.38. The van der Waals surface area contributed by atoms with Crippen LogP contribution in [0.4, 0.5) is 0 Å². The molecular formula is C15H16N2O2S2. The number of hydrogen-bond acceptors (Lipinski definition) is 4. The van der Waals surface area contributed by atoms with E-state index >= 15 is 0 Å². The highest BCUT2D eigenvalue weighted by Gasteiger charge is 2.05. The minimum Gasteiger partial charge on any atom is -0.484 e. The maximum atomic E-state index is 11.7. The zero-order valence-corrected chi connectivity index (χ0v) is 13.2. The summed E-state index contributed by atoms with van der Waals surface area (Å²) in [7, 11) is 0. The maximum Gasteiger partial charge on any atom is 0.258 e.